The molecular weight excluding hydrogens is 361 g/mol. The predicted molar refractivity (Wildman–Crippen MR) is 49.2 cm³/mol. The number of hydrogen-bond donors (Lipinski definition) is 1. The molecule has 0 radical (unpaired) electrons. The van der Waals surface area contributed by atoms with Crippen molar-refractivity contribution in [3.8, 4) is 0 Å². The Morgan fingerprint density at radius 1 is 0.870 bits per heavy atom. The van der Waals surface area contributed by atoms with Gasteiger partial charge in [-0.2, -0.15) is 53.4 Å². The lowest BCUT2D eigenvalue weighted by molar-refractivity contribution is -0.488. The number of ether oxygens (including phenoxy) is 1. The van der Waals surface area contributed by atoms with Gasteiger partial charge < -0.3 is 0 Å². The zero-order chi connectivity index (χ0) is 18.5. The van der Waals surface area contributed by atoms with Crippen LogP contribution in [0.2, 0.25) is 0 Å². The molecule has 3 nitrogen and oxygen atoms in total. The maximum absolute atomic E-state index is 13.8. The van der Waals surface area contributed by atoms with Crippen molar-refractivity contribution in [1.82, 2.24) is 10.2 Å². The van der Waals surface area contributed by atoms with Crippen molar-refractivity contribution in [2.45, 2.75) is 37.2 Å². The number of alkyl halides is 11. The maximum atomic E-state index is 13.8. The van der Waals surface area contributed by atoms with E-state index < -0.39 is 35.9 Å². The van der Waals surface area contributed by atoms with Gasteiger partial charge in [0, 0.05) is 5.69 Å². The molecule has 0 saturated carbocycles. The van der Waals surface area contributed by atoms with Gasteiger partial charge in [-0.3, -0.25) is 9.84 Å². The molecule has 0 aliphatic rings. The third kappa shape index (κ3) is 3.21. The van der Waals surface area contributed by atoms with Crippen LogP contribution in [0.1, 0.15) is 11.4 Å². The van der Waals surface area contributed by atoms with E-state index in [9.17, 15) is 48.3 Å². The third-order valence-corrected chi connectivity index (χ3v) is 2.39. The minimum atomic E-state index is -7.09. The average Bonchev–Trinajstić information content (AvgIpc) is 2.72. The first-order valence-electron chi connectivity index (χ1n) is 5.26. The minimum absolute atomic E-state index is 0.148. The van der Waals surface area contributed by atoms with Gasteiger partial charge in [-0.25, -0.2) is 0 Å². The topological polar surface area (TPSA) is 37.9 Å². The molecule has 0 fully saturated rings. The van der Waals surface area contributed by atoms with Crippen LogP contribution in [-0.2, 0) is 10.6 Å². The number of aryl methyl sites for hydroxylation is 1. The molecule has 1 rings (SSSR count). The molecule has 1 N–H and O–H groups in total. The summed E-state index contributed by atoms with van der Waals surface area (Å²) in [5.41, 5.74) is -2.33. The maximum Gasteiger partial charge on any atom is 0.462 e. The Morgan fingerprint density at radius 2 is 1.35 bits per heavy atom. The van der Waals surface area contributed by atoms with Crippen LogP contribution >= 0.6 is 0 Å². The zero-order valence-corrected chi connectivity index (χ0v) is 10.6. The van der Waals surface area contributed by atoms with Gasteiger partial charge in [0.15, 0.2) is 0 Å². The number of halogens is 11. The molecule has 1 atom stereocenters. The van der Waals surface area contributed by atoms with Crippen molar-refractivity contribution in [2.24, 2.45) is 0 Å². The van der Waals surface area contributed by atoms with Crippen LogP contribution in [0.25, 0.3) is 0 Å². The minimum Gasteiger partial charge on any atom is -0.282 e. The summed E-state index contributed by atoms with van der Waals surface area (Å²) in [7, 11) is 0. The number of H-pyrrole nitrogens is 1. The molecule has 0 saturated heterocycles. The lowest BCUT2D eigenvalue weighted by Gasteiger charge is -2.34. The second kappa shape index (κ2) is 5.21. The van der Waals surface area contributed by atoms with Crippen LogP contribution < -0.4 is 0 Å². The second-order valence-electron chi connectivity index (χ2n) is 4.22. The number of hydrogen-bond acceptors (Lipinski definition) is 2. The lowest BCUT2D eigenvalue weighted by Crippen LogP contribution is -2.58. The molecule has 0 bridgehead atoms. The van der Waals surface area contributed by atoms with E-state index in [4.69, 9.17) is 0 Å². The first kappa shape index (κ1) is 19.4. The van der Waals surface area contributed by atoms with Crippen molar-refractivity contribution < 1.29 is 53.0 Å². The Hall–Kier alpha value is -1.60. The molecule has 0 aliphatic carbocycles. The normalized spacial score (nSPS) is 17.2. The molecule has 1 aromatic rings. The number of rotatable bonds is 4. The highest BCUT2D eigenvalue weighted by atomic mass is 19.4. The third-order valence-electron chi connectivity index (χ3n) is 2.39. The van der Waals surface area contributed by atoms with Crippen molar-refractivity contribution in [3.05, 3.63) is 17.5 Å². The van der Waals surface area contributed by atoms with Crippen molar-refractivity contribution in [1.29, 1.82) is 0 Å². The molecule has 134 valence electrons. The van der Waals surface area contributed by atoms with Crippen LogP contribution in [0.3, 0.4) is 0 Å². The number of nitrogens with zero attached hydrogens (tertiary/aromatic N) is 1. The van der Waals surface area contributed by atoms with Crippen LogP contribution in [0, 0.1) is 6.92 Å². The molecular formula is C9H5F11N2O. The SMILES string of the molecule is Cc1cc([C@@](F)(OC(F)(F)C(F)(F)C(F)(F)F)C(F)(F)F)n[nH]1. The van der Waals surface area contributed by atoms with Crippen LogP contribution in [-0.4, -0.2) is 34.6 Å². The van der Waals surface area contributed by atoms with E-state index in [0.717, 1.165) is 6.92 Å². The van der Waals surface area contributed by atoms with Crippen LogP contribution in [0.4, 0.5) is 48.3 Å². The van der Waals surface area contributed by atoms with Gasteiger partial charge >= 0.3 is 30.2 Å². The van der Waals surface area contributed by atoms with E-state index in [0.29, 0.717) is 0 Å². The molecule has 0 unspecified atom stereocenters. The molecule has 0 aromatic carbocycles. The highest BCUT2D eigenvalue weighted by molar-refractivity contribution is 5.15. The van der Waals surface area contributed by atoms with Gasteiger partial charge in [-0.1, -0.05) is 0 Å². The van der Waals surface area contributed by atoms with E-state index in [1.165, 1.54) is 0 Å². The highest BCUT2D eigenvalue weighted by Gasteiger charge is 2.78. The lowest BCUT2D eigenvalue weighted by atomic mass is 10.2. The van der Waals surface area contributed by atoms with E-state index >= 15 is 0 Å². The molecule has 23 heavy (non-hydrogen) atoms. The first-order chi connectivity index (χ1) is 9.96. The monoisotopic (exact) mass is 366 g/mol. The Kier molecular flexibility index (Phi) is 4.40. The van der Waals surface area contributed by atoms with Gasteiger partial charge in [0.2, 0.25) is 0 Å². The number of aromatic nitrogens is 2. The van der Waals surface area contributed by atoms with Gasteiger partial charge in [0.1, 0.15) is 5.69 Å². The smallest absolute Gasteiger partial charge is 0.282 e. The van der Waals surface area contributed by atoms with Gasteiger partial charge in [0.05, 0.1) is 0 Å². The van der Waals surface area contributed by atoms with E-state index in [1.54, 1.807) is 5.10 Å². The summed E-state index contributed by atoms with van der Waals surface area (Å²) in [4.78, 5) is 0. The molecule has 1 aromatic heterocycles. The molecule has 0 spiro atoms. The van der Waals surface area contributed by atoms with Crippen molar-refractivity contribution in [2.75, 3.05) is 0 Å². The quantitative estimate of drug-likeness (QED) is 0.811. The summed E-state index contributed by atoms with van der Waals surface area (Å²) >= 11 is 0. The first-order valence-corrected chi connectivity index (χ1v) is 5.26. The Labute approximate surface area is 119 Å². The summed E-state index contributed by atoms with van der Waals surface area (Å²) in [5.74, 6) is -12.8. The Balaban J connectivity index is 3.38. The van der Waals surface area contributed by atoms with Crippen molar-refractivity contribution in [3.63, 3.8) is 0 Å². The van der Waals surface area contributed by atoms with Gasteiger partial charge in [-0.15, -0.1) is 0 Å². The largest absolute Gasteiger partial charge is 0.462 e. The second-order valence-corrected chi connectivity index (χ2v) is 4.22. The fourth-order valence-corrected chi connectivity index (χ4v) is 1.24. The Bertz CT molecular complexity index is 561. The van der Waals surface area contributed by atoms with Crippen molar-refractivity contribution >= 4 is 0 Å². The van der Waals surface area contributed by atoms with E-state index in [2.05, 4.69) is 9.84 Å². The number of aromatic amines is 1. The zero-order valence-electron chi connectivity index (χ0n) is 10.6. The summed E-state index contributed by atoms with van der Waals surface area (Å²) in [5, 5.41) is 4.25. The van der Waals surface area contributed by atoms with Crippen LogP contribution in [0.5, 0.6) is 0 Å². The number of nitrogens with one attached hydrogen (secondary N) is 1. The van der Waals surface area contributed by atoms with Crippen LogP contribution in [0.15, 0.2) is 6.07 Å². The molecule has 14 heteroatoms. The summed E-state index contributed by atoms with van der Waals surface area (Å²) in [6.45, 7) is 0.982. The summed E-state index contributed by atoms with van der Waals surface area (Å²) in [6, 6.07) is 0.148. The molecule has 0 aliphatic heterocycles. The predicted octanol–water partition coefficient (Wildman–Crippen LogP) is 4.21. The average molecular weight is 366 g/mol. The fourth-order valence-electron chi connectivity index (χ4n) is 1.24. The Morgan fingerprint density at radius 3 is 1.65 bits per heavy atom. The fraction of sp³-hybridized carbons (Fsp3) is 0.667. The van der Waals surface area contributed by atoms with E-state index in [1.807, 2.05) is 0 Å². The molecule has 0 amide bonds. The van der Waals surface area contributed by atoms with E-state index in [-0.39, 0.29) is 11.8 Å². The highest BCUT2D eigenvalue weighted by Crippen LogP contribution is 2.53. The standard InChI is InChI=1S/C9H5F11N2O/c1-3-2-4(22-21-3)5(10,7(13,14)15)23-9(19,20)6(11,12)8(16,17)18/h2H,1H3,(H,21,22)/t5-/m1/s1. The van der Waals surface area contributed by atoms with Gasteiger partial charge in [-0.05, 0) is 13.0 Å². The summed E-state index contributed by atoms with van der Waals surface area (Å²) < 4.78 is 141. The molecule has 1 heterocycles. The summed E-state index contributed by atoms with van der Waals surface area (Å²) in [6.07, 6.45) is -20.3. The van der Waals surface area contributed by atoms with Gasteiger partial charge in [0.25, 0.3) is 0 Å².